The fourth-order valence-electron chi connectivity index (χ4n) is 2.23. The Balaban J connectivity index is 2.09. The average Bonchev–Trinajstić information content (AvgIpc) is 2.62. The number of amides is 2. The fraction of sp³-hybridized carbons (Fsp3) is 0.167. The van der Waals surface area contributed by atoms with Gasteiger partial charge in [-0.1, -0.05) is 0 Å². The number of rotatable bonds is 7. The molecule has 1 aromatic heterocycles. The summed E-state index contributed by atoms with van der Waals surface area (Å²) in [7, 11) is 0. The Bertz CT molecular complexity index is 926. The first-order chi connectivity index (χ1) is 13.3. The van der Waals surface area contributed by atoms with Crippen molar-refractivity contribution in [3.05, 3.63) is 48.3 Å². The van der Waals surface area contributed by atoms with E-state index in [0.29, 0.717) is 0 Å². The Hall–Kier alpha value is -3.87. The summed E-state index contributed by atoms with van der Waals surface area (Å²) in [4.78, 5) is 28.7. The van der Waals surface area contributed by atoms with Crippen molar-refractivity contribution in [3.63, 3.8) is 0 Å². The summed E-state index contributed by atoms with van der Waals surface area (Å²) in [6.07, 6.45) is 2.61. The monoisotopic (exact) mass is 387 g/mol. The molecule has 0 aliphatic carbocycles. The van der Waals surface area contributed by atoms with Crippen LogP contribution in [0.15, 0.2) is 42.7 Å². The molecular weight excluding hydrogens is 372 g/mol. The number of nitriles is 1. The van der Waals surface area contributed by atoms with Crippen LogP contribution in [0.25, 0.3) is 0 Å². The van der Waals surface area contributed by atoms with E-state index in [2.05, 4.69) is 20.4 Å². The topological polar surface area (TPSA) is 128 Å². The molecule has 0 radical (unpaired) electrons. The van der Waals surface area contributed by atoms with Crippen molar-refractivity contribution in [1.29, 1.82) is 10.7 Å². The Morgan fingerprint density at radius 1 is 1.14 bits per heavy atom. The van der Waals surface area contributed by atoms with Gasteiger partial charge in [0, 0.05) is 17.6 Å². The van der Waals surface area contributed by atoms with Crippen LogP contribution in [0.4, 0.5) is 20.2 Å². The minimum Gasteiger partial charge on any atom is -0.435 e. The maximum atomic E-state index is 12.4. The van der Waals surface area contributed by atoms with Crippen LogP contribution in [0.2, 0.25) is 0 Å². The second kappa shape index (κ2) is 9.18. The molecule has 0 aliphatic heterocycles. The molecule has 0 saturated heterocycles. The lowest BCUT2D eigenvalue weighted by molar-refractivity contribution is -0.126. The largest absolute Gasteiger partial charge is 0.435 e. The highest BCUT2D eigenvalue weighted by Crippen LogP contribution is 2.19. The van der Waals surface area contributed by atoms with Crippen molar-refractivity contribution >= 4 is 28.9 Å². The minimum atomic E-state index is -2.97. The number of nitrogens with one attached hydrogen (secondary N) is 3. The zero-order valence-electron chi connectivity index (χ0n) is 14.6. The van der Waals surface area contributed by atoms with Crippen molar-refractivity contribution in [3.8, 4) is 11.8 Å². The van der Waals surface area contributed by atoms with E-state index in [1.807, 2.05) is 6.07 Å². The maximum absolute atomic E-state index is 12.4. The van der Waals surface area contributed by atoms with Crippen LogP contribution >= 0.6 is 0 Å². The summed E-state index contributed by atoms with van der Waals surface area (Å²) in [5.41, 5.74) is 0.448. The highest BCUT2D eigenvalue weighted by molar-refractivity contribution is 6.24. The third-order valence-corrected chi connectivity index (χ3v) is 3.44. The van der Waals surface area contributed by atoms with E-state index in [-0.39, 0.29) is 28.4 Å². The number of aromatic nitrogens is 1. The summed E-state index contributed by atoms with van der Waals surface area (Å²) in [6.45, 7) is -1.67. The lowest BCUT2D eigenvalue weighted by Crippen LogP contribution is -2.38. The third kappa shape index (κ3) is 5.57. The van der Waals surface area contributed by atoms with Crippen LogP contribution in [-0.4, -0.2) is 29.1 Å². The number of halogens is 2. The van der Waals surface area contributed by atoms with E-state index in [4.69, 9.17) is 10.7 Å². The minimum absolute atomic E-state index is 0.0876. The van der Waals surface area contributed by atoms with Gasteiger partial charge >= 0.3 is 6.61 Å². The van der Waals surface area contributed by atoms with Crippen LogP contribution in [0.5, 0.6) is 5.75 Å². The van der Waals surface area contributed by atoms with Gasteiger partial charge in [0.05, 0.1) is 17.4 Å². The van der Waals surface area contributed by atoms with Crippen molar-refractivity contribution in [2.45, 2.75) is 13.5 Å². The normalized spacial score (nSPS) is 11.2. The maximum Gasteiger partial charge on any atom is 0.387 e. The molecule has 0 spiro atoms. The molecular formula is C18H15F2N5O3. The predicted octanol–water partition coefficient (Wildman–Crippen LogP) is 2.79. The molecule has 1 atom stereocenters. The number of anilines is 2. The van der Waals surface area contributed by atoms with Crippen LogP contribution in [0.1, 0.15) is 12.5 Å². The lowest BCUT2D eigenvalue weighted by Gasteiger charge is -2.16. The van der Waals surface area contributed by atoms with Gasteiger partial charge in [-0.2, -0.15) is 14.0 Å². The molecule has 28 heavy (non-hydrogen) atoms. The summed E-state index contributed by atoms with van der Waals surface area (Å²) < 4.78 is 28.5. The first-order valence-corrected chi connectivity index (χ1v) is 7.87. The van der Waals surface area contributed by atoms with Gasteiger partial charge < -0.3 is 20.8 Å². The summed E-state index contributed by atoms with van der Waals surface area (Å²) >= 11 is 0. The number of nitrogens with zero attached hydrogens (tertiary/aromatic N) is 2. The number of hydrogen-bond acceptors (Lipinski definition) is 6. The van der Waals surface area contributed by atoms with Gasteiger partial charge in [0.2, 0.25) is 11.8 Å². The van der Waals surface area contributed by atoms with Gasteiger partial charge in [-0.25, -0.2) is 0 Å². The van der Waals surface area contributed by atoms with E-state index in [9.17, 15) is 18.4 Å². The van der Waals surface area contributed by atoms with E-state index < -0.39 is 24.3 Å². The average molecular weight is 387 g/mol. The van der Waals surface area contributed by atoms with Gasteiger partial charge in [0.15, 0.2) is 5.92 Å². The summed E-state index contributed by atoms with van der Waals surface area (Å²) in [5, 5.41) is 21.5. The first-order valence-electron chi connectivity index (χ1n) is 7.87. The molecule has 2 amide bonds. The first kappa shape index (κ1) is 20.4. The Kier molecular flexibility index (Phi) is 6.70. The van der Waals surface area contributed by atoms with Crippen molar-refractivity contribution in [2.24, 2.45) is 5.92 Å². The molecule has 1 heterocycles. The molecule has 0 fully saturated rings. The summed E-state index contributed by atoms with van der Waals surface area (Å²) in [6, 6.07) is 8.35. The van der Waals surface area contributed by atoms with Gasteiger partial charge in [0.25, 0.3) is 0 Å². The highest BCUT2D eigenvalue weighted by atomic mass is 19.3. The zero-order chi connectivity index (χ0) is 20.7. The predicted molar refractivity (Wildman–Crippen MR) is 96.2 cm³/mol. The standard InChI is InChI=1S/C18H15F2N5O3/c1-10(22)15(17(27)25-13-6-11(7-21)8-23-9-13)16(26)24-12-2-4-14(5-3-12)28-18(19)20/h2-6,8-9,15,18,22H,1H3,(H,24,26)(H,25,27). The van der Waals surface area contributed by atoms with Gasteiger partial charge in [0.1, 0.15) is 11.8 Å². The second-order valence-corrected chi connectivity index (χ2v) is 5.57. The lowest BCUT2D eigenvalue weighted by atomic mass is 10.0. The van der Waals surface area contributed by atoms with Crippen LogP contribution < -0.4 is 15.4 Å². The zero-order valence-corrected chi connectivity index (χ0v) is 14.6. The van der Waals surface area contributed by atoms with E-state index in [1.54, 1.807) is 0 Å². The number of pyridine rings is 1. The number of carbonyl (C=O) groups is 2. The number of alkyl halides is 2. The summed E-state index contributed by atoms with van der Waals surface area (Å²) in [5.74, 6) is -3.09. The number of carbonyl (C=O) groups excluding carboxylic acids is 2. The van der Waals surface area contributed by atoms with E-state index in [1.165, 1.54) is 49.6 Å². The SMILES string of the molecule is CC(=N)C(C(=O)Nc1ccc(OC(F)F)cc1)C(=O)Nc1cncc(C#N)c1. The van der Waals surface area contributed by atoms with E-state index in [0.717, 1.165) is 0 Å². The smallest absolute Gasteiger partial charge is 0.387 e. The molecule has 144 valence electrons. The fourth-order valence-corrected chi connectivity index (χ4v) is 2.23. The van der Waals surface area contributed by atoms with Crippen molar-refractivity contribution in [1.82, 2.24) is 4.98 Å². The number of benzene rings is 1. The Labute approximate surface area is 158 Å². The third-order valence-electron chi connectivity index (χ3n) is 3.44. The molecule has 3 N–H and O–H groups in total. The number of hydrogen-bond donors (Lipinski definition) is 3. The molecule has 10 heteroatoms. The molecule has 2 rings (SSSR count). The number of ether oxygens (including phenoxy) is 1. The van der Waals surface area contributed by atoms with Crippen molar-refractivity contribution in [2.75, 3.05) is 10.6 Å². The second-order valence-electron chi connectivity index (χ2n) is 5.57. The van der Waals surface area contributed by atoms with Gasteiger partial charge in [-0.3, -0.25) is 14.6 Å². The molecule has 0 saturated carbocycles. The highest BCUT2D eigenvalue weighted by Gasteiger charge is 2.29. The van der Waals surface area contributed by atoms with Gasteiger partial charge in [-0.05, 0) is 37.3 Å². The Morgan fingerprint density at radius 3 is 2.29 bits per heavy atom. The van der Waals surface area contributed by atoms with Gasteiger partial charge in [-0.15, -0.1) is 0 Å². The van der Waals surface area contributed by atoms with Crippen LogP contribution in [-0.2, 0) is 9.59 Å². The molecule has 8 nitrogen and oxygen atoms in total. The molecule has 1 unspecified atom stereocenters. The Morgan fingerprint density at radius 2 is 1.75 bits per heavy atom. The van der Waals surface area contributed by atoms with Crippen LogP contribution in [0.3, 0.4) is 0 Å². The molecule has 0 aliphatic rings. The molecule has 0 bridgehead atoms. The van der Waals surface area contributed by atoms with Crippen molar-refractivity contribution < 1.29 is 23.1 Å². The van der Waals surface area contributed by atoms with E-state index >= 15 is 0 Å². The molecule has 1 aromatic carbocycles. The molecule has 2 aromatic rings. The quantitative estimate of drug-likeness (QED) is 0.497. The van der Waals surface area contributed by atoms with Crippen LogP contribution in [0, 0.1) is 22.7 Å².